The van der Waals surface area contributed by atoms with Gasteiger partial charge in [-0.25, -0.2) is 14.5 Å². The predicted molar refractivity (Wildman–Crippen MR) is 195 cm³/mol. The van der Waals surface area contributed by atoms with E-state index in [9.17, 15) is 9.59 Å². The number of amides is 2. The van der Waals surface area contributed by atoms with Gasteiger partial charge in [-0.15, -0.1) is 5.10 Å². The second-order valence-corrected chi connectivity index (χ2v) is 12.5. The highest BCUT2D eigenvalue weighted by Gasteiger charge is 2.23. The molecule has 3 aromatic carbocycles. The van der Waals surface area contributed by atoms with Crippen molar-refractivity contribution in [1.82, 2.24) is 45.3 Å². The van der Waals surface area contributed by atoms with Crippen LogP contribution < -0.4 is 15.4 Å². The number of alkyl halides is 1. The molecular formula is C33H29Cl2IN10O4. The Labute approximate surface area is 309 Å². The Bertz CT molecular complexity index is 2070. The van der Waals surface area contributed by atoms with Gasteiger partial charge in [0.15, 0.2) is 0 Å². The molecule has 0 radical (unpaired) electrons. The van der Waals surface area contributed by atoms with E-state index >= 15 is 0 Å². The first-order valence-electron chi connectivity index (χ1n) is 15.2. The van der Waals surface area contributed by atoms with Crippen LogP contribution in [0.5, 0.6) is 5.75 Å². The summed E-state index contributed by atoms with van der Waals surface area (Å²) in [6.45, 7) is 0.550. The van der Waals surface area contributed by atoms with Crippen molar-refractivity contribution in [3.63, 3.8) is 0 Å². The number of hydrogen-bond donors (Lipinski definition) is 4. The molecule has 0 saturated carbocycles. The quantitative estimate of drug-likeness (QED) is 0.0706. The maximum Gasteiger partial charge on any atom is 0.409 e. The van der Waals surface area contributed by atoms with Gasteiger partial charge in [0.1, 0.15) is 33.4 Å². The Morgan fingerprint density at radius 2 is 1.84 bits per heavy atom. The normalized spacial score (nSPS) is 11.7. The molecule has 0 aliphatic rings. The molecule has 0 aliphatic heterocycles. The van der Waals surface area contributed by atoms with Crippen molar-refractivity contribution in [3.8, 4) is 22.7 Å². The fourth-order valence-corrected chi connectivity index (χ4v) is 6.09. The fraction of sp³-hybridized carbons (Fsp3) is 0.182. The minimum atomic E-state index is -1.17. The van der Waals surface area contributed by atoms with Crippen molar-refractivity contribution in [3.05, 3.63) is 118 Å². The highest BCUT2D eigenvalue weighted by atomic mass is 127. The highest BCUT2D eigenvalue weighted by Crippen LogP contribution is 2.30. The molecule has 0 bridgehead atoms. The number of aromatic amines is 1. The number of halogens is 3. The summed E-state index contributed by atoms with van der Waals surface area (Å²) in [5.74, 6) is 1.00. The van der Waals surface area contributed by atoms with Gasteiger partial charge >= 0.3 is 6.09 Å². The van der Waals surface area contributed by atoms with Crippen LogP contribution in [0.2, 0.25) is 10.2 Å². The molecule has 0 saturated heterocycles. The van der Waals surface area contributed by atoms with E-state index in [1.165, 1.54) is 11.0 Å². The molecule has 0 unspecified atom stereocenters. The number of benzene rings is 3. The van der Waals surface area contributed by atoms with Gasteiger partial charge < -0.3 is 20.1 Å². The lowest BCUT2D eigenvalue weighted by Gasteiger charge is -2.16. The number of imidazole rings is 1. The predicted octanol–water partition coefficient (Wildman–Crippen LogP) is 6.50. The maximum absolute atomic E-state index is 13.5. The van der Waals surface area contributed by atoms with Crippen LogP contribution in [0.3, 0.4) is 0 Å². The molecule has 17 heteroatoms. The summed E-state index contributed by atoms with van der Waals surface area (Å²) in [4.78, 5) is 32.4. The molecule has 6 rings (SSSR count). The summed E-state index contributed by atoms with van der Waals surface area (Å²) >= 11 is 15.1. The number of ether oxygens (including phenoxy) is 1. The van der Waals surface area contributed by atoms with Crippen LogP contribution in [0.15, 0.2) is 85.3 Å². The first-order valence-corrected chi connectivity index (χ1v) is 17.5. The Kier molecular flexibility index (Phi) is 11.2. The molecule has 0 fully saturated rings. The number of H-pyrrole nitrogens is 1. The summed E-state index contributed by atoms with van der Waals surface area (Å²) < 4.78 is 9.45. The molecule has 3 heterocycles. The van der Waals surface area contributed by atoms with Gasteiger partial charge in [-0.1, -0.05) is 47.5 Å². The topological polar surface area (TPSA) is 178 Å². The van der Waals surface area contributed by atoms with Gasteiger partial charge in [0, 0.05) is 35.3 Å². The largest absolute Gasteiger partial charge is 0.483 e. The number of anilines is 1. The molecule has 2 amide bonds. The van der Waals surface area contributed by atoms with E-state index in [4.69, 9.17) is 43.1 Å². The summed E-state index contributed by atoms with van der Waals surface area (Å²) in [6, 6.07) is 21.1. The van der Waals surface area contributed by atoms with Gasteiger partial charge in [-0.2, -0.15) is 5.10 Å². The van der Waals surface area contributed by atoms with Gasteiger partial charge in [0.25, 0.3) is 0 Å². The number of tetrazole rings is 1. The van der Waals surface area contributed by atoms with E-state index in [0.29, 0.717) is 57.5 Å². The fourth-order valence-electron chi connectivity index (χ4n) is 5.29. The third-order valence-electron chi connectivity index (χ3n) is 7.61. The Morgan fingerprint density at radius 1 is 1.04 bits per heavy atom. The van der Waals surface area contributed by atoms with Gasteiger partial charge in [0.05, 0.1) is 24.0 Å². The zero-order valence-electron chi connectivity index (χ0n) is 26.1. The number of aryl methyl sites for hydroxylation is 1. The van der Waals surface area contributed by atoms with Crippen LogP contribution in [-0.2, 0) is 24.2 Å². The standard InChI is InChI=1S/C33H29Cl2IN10O4/c34-23-6-11-28(46-19-37-43-44-46)22(15-23)5-12-29(47)39-27(16-25-13-14-45(42-25)17-20-1-9-26(10-2-20)50-18-36)32-40-30(31(35)41-32)21-3-7-24(8-4-21)38-33(48)49/h1-4,6-11,13-15,19,27,38H,5,12,16-18H2,(H,39,47)(H,40,41)(H,48,49)/t27-/m0/s1. The summed E-state index contributed by atoms with van der Waals surface area (Å²) in [5, 5.41) is 31.4. The number of aromatic nitrogens is 8. The van der Waals surface area contributed by atoms with E-state index < -0.39 is 12.1 Å². The van der Waals surface area contributed by atoms with Crippen molar-refractivity contribution >= 4 is 63.5 Å². The minimum Gasteiger partial charge on any atom is -0.483 e. The SMILES string of the molecule is O=C(O)Nc1ccc(-c2nc([C@H](Cc3ccn(Cc4ccc(OCI)cc4)n3)NC(=O)CCc3cc(Cl)ccc3-n3cnnn3)[nH]c2Cl)cc1. The number of carbonyl (C=O) groups excluding carboxylic acids is 1. The van der Waals surface area contributed by atoms with Crippen molar-refractivity contribution in [1.29, 1.82) is 0 Å². The smallest absolute Gasteiger partial charge is 0.409 e. The molecular weight excluding hydrogens is 798 g/mol. The molecule has 4 N–H and O–H groups in total. The van der Waals surface area contributed by atoms with Crippen LogP contribution >= 0.6 is 45.8 Å². The first kappa shape index (κ1) is 34.8. The maximum atomic E-state index is 13.5. The molecule has 50 heavy (non-hydrogen) atoms. The molecule has 0 spiro atoms. The number of carboxylic acid groups (broad SMARTS) is 1. The molecule has 6 aromatic rings. The average molecular weight is 827 g/mol. The van der Waals surface area contributed by atoms with E-state index in [2.05, 4.69) is 53.7 Å². The summed E-state index contributed by atoms with van der Waals surface area (Å²) in [6.07, 6.45) is 3.02. The van der Waals surface area contributed by atoms with Gasteiger partial charge in [0.2, 0.25) is 5.91 Å². The van der Waals surface area contributed by atoms with Crippen molar-refractivity contribution in [2.75, 3.05) is 9.93 Å². The second kappa shape index (κ2) is 16.1. The summed E-state index contributed by atoms with van der Waals surface area (Å²) in [5.41, 5.74) is 4.82. The minimum absolute atomic E-state index is 0.136. The van der Waals surface area contributed by atoms with Crippen LogP contribution in [0, 0.1) is 0 Å². The number of rotatable bonds is 14. The van der Waals surface area contributed by atoms with E-state index in [1.807, 2.05) is 41.2 Å². The highest BCUT2D eigenvalue weighted by molar-refractivity contribution is 14.1. The van der Waals surface area contributed by atoms with Gasteiger partial charge in [-0.05, 0) is 99.1 Å². The van der Waals surface area contributed by atoms with E-state index in [1.54, 1.807) is 42.5 Å². The Hall–Kier alpha value is -5.00. The Balaban J connectivity index is 1.21. The third kappa shape index (κ3) is 8.96. The van der Waals surface area contributed by atoms with Crippen molar-refractivity contribution in [2.45, 2.75) is 31.8 Å². The molecule has 14 nitrogen and oxygen atoms in total. The number of nitrogens with zero attached hydrogens (tertiary/aromatic N) is 7. The molecule has 3 aromatic heterocycles. The number of hydrogen-bond acceptors (Lipinski definition) is 8. The third-order valence-corrected chi connectivity index (χ3v) is 8.43. The van der Waals surface area contributed by atoms with Gasteiger partial charge in [-0.3, -0.25) is 14.8 Å². The lowest BCUT2D eigenvalue weighted by Crippen LogP contribution is -2.31. The number of nitrogens with one attached hydrogen (secondary N) is 3. The Morgan fingerprint density at radius 3 is 2.56 bits per heavy atom. The molecule has 1 atom stereocenters. The molecule has 0 aliphatic carbocycles. The van der Waals surface area contributed by atoms with Crippen LogP contribution in [0.25, 0.3) is 16.9 Å². The lowest BCUT2D eigenvalue weighted by molar-refractivity contribution is -0.121. The average Bonchev–Trinajstić information content (AvgIpc) is 3.87. The van der Waals surface area contributed by atoms with Crippen molar-refractivity contribution in [2.24, 2.45) is 0 Å². The summed E-state index contributed by atoms with van der Waals surface area (Å²) in [7, 11) is 0. The van der Waals surface area contributed by atoms with E-state index in [0.717, 1.165) is 22.6 Å². The number of carbonyl (C=O) groups is 2. The van der Waals surface area contributed by atoms with Crippen LogP contribution in [-0.4, -0.2) is 61.7 Å². The second-order valence-electron chi connectivity index (χ2n) is 11.0. The zero-order valence-corrected chi connectivity index (χ0v) is 29.8. The van der Waals surface area contributed by atoms with Crippen LogP contribution in [0.1, 0.15) is 35.1 Å². The van der Waals surface area contributed by atoms with Crippen LogP contribution in [0.4, 0.5) is 10.5 Å². The molecule has 256 valence electrons. The monoisotopic (exact) mass is 826 g/mol. The zero-order chi connectivity index (χ0) is 35.0. The van der Waals surface area contributed by atoms with Crippen molar-refractivity contribution < 1.29 is 19.4 Å². The van der Waals surface area contributed by atoms with E-state index in [-0.39, 0.29) is 17.5 Å². The first-order chi connectivity index (χ1) is 24.2. The lowest BCUT2D eigenvalue weighted by atomic mass is 10.1.